The molecule has 1 aromatic heterocycles. The van der Waals surface area contributed by atoms with Crippen molar-refractivity contribution >= 4 is 0 Å². The van der Waals surface area contributed by atoms with E-state index in [0.29, 0.717) is 19.5 Å². The van der Waals surface area contributed by atoms with Gasteiger partial charge < -0.3 is 5.32 Å². The maximum atomic E-state index is 13.5. The van der Waals surface area contributed by atoms with Gasteiger partial charge in [0.1, 0.15) is 11.6 Å². The minimum absolute atomic E-state index is 0.0471. The molecule has 3 nitrogen and oxygen atoms in total. The van der Waals surface area contributed by atoms with Crippen LogP contribution in [0.2, 0.25) is 0 Å². The van der Waals surface area contributed by atoms with Gasteiger partial charge in [0.2, 0.25) is 0 Å². The maximum Gasteiger partial charge on any atom is 0.129 e. The molecular formula is C16H21F2N3. The second-order valence-corrected chi connectivity index (χ2v) is 6.09. The van der Waals surface area contributed by atoms with Gasteiger partial charge in [-0.25, -0.2) is 8.78 Å². The first kappa shape index (κ1) is 15.6. The normalized spacial score (nSPS) is 11.9. The predicted molar refractivity (Wildman–Crippen MR) is 79.0 cm³/mol. The molecule has 0 bridgehead atoms. The van der Waals surface area contributed by atoms with E-state index in [0.717, 1.165) is 5.56 Å². The van der Waals surface area contributed by atoms with Crippen LogP contribution in [0, 0.1) is 11.6 Å². The number of nitrogens with zero attached hydrogens (tertiary/aromatic N) is 2. The van der Waals surface area contributed by atoms with E-state index in [9.17, 15) is 8.78 Å². The summed E-state index contributed by atoms with van der Waals surface area (Å²) in [7, 11) is 0. The van der Waals surface area contributed by atoms with Crippen LogP contribution in [0.4, 0.5) is 8.78 Å². The summed E-state index contributed by atoms with van der Waals surface area (Å²) in [6, 6.07) is 3.94. The topological polar surface area (TPSA) is 29.9 Å². The van der Waals surface area contributed by atoms with Crippen molar-refractivity contribution in [2.45, 2.75) is 39.3 Å². The van der Waals surface area contributed by atoms with E-state index in [4.69, 9.17) is 0 Å². The lowest BCUT2D eigenvalue weighted by Crippen LogP contribution is -2.22. The van der Waals surface area contributed by atoms with Gasteiger partial charge >= 0.3 is 0 Å². The number of benzene rings is 1. The molecule has 5 heteroatoms. The van der Waals surface area contributed by atoms with Crippen LogP contribution in [0.5, 0.6) is 0 Å². The Balaban J connectivity index is 1.84. The Hall–Kier alpha value is -1.75. The molecule has 0 saturated carbocycles. The zero-order valence-electron chi connectivity index (χ0n) is 12.7. The molecule has 0 unspecified atom stereocenters. The molecule has 0 aliphatic rings. The summed E-state index contributed by atoms with van der Waals surface area (Å²) in [4.78, 5) is 0. The summed E-state index contributed by atoms with van der Waals surface area (Å²) < 4.78 is 28.8. The Labute approximate surface area is 124 Å². The molecule has 114 valence electrons. The van der Waals surface area contributed by atoms with Gasteiger partial charge in [0.05, 0.1) is 11.7 Å². The lowest BCUT2D eigenvalue weighted by molar-refractivity contribution is 0.355. The summed E-state index contributed by atoms with van der Waals surface area (Å²) in [6.07, 6.45) is 4.12. The SMILES string of the molecule is CC(C)(C)n1cc(CNCCc2c(F)cccc2F)cn1. The van der Waals surface area contributed by atoms with Crippen molar-refractivity contribution in [2.24, 2.45) is 0 Å². The number of hydrogen-bond donors (Lipinski definition) is 1. The highest BCUT2D eigenvalue weighted by Gasteiger charge is 2.13. The smallest absolute Gasteiger partial charge is 0.129 e. The fourth-order valence-electron chi connectivity index (χ4n) is 2.04. The third-order valence-electron chi connectivity index (χ3n) is 3.27. The van der Waals surface area contributed by atoms with E-state index in [-0.39, 0.29) is 11.1 Å². The van der Waals surface area contributed by atoms with Gasteiger partial charge in [-0.2, -0.15) is 5.10 Å². The quantitative estimate of drug-likeness (QED) is 0.858. The standard InChI is InChI=1S/C16H21F2N3/c1-16(2,3)21-11-12(10-20-21)9-19-8-7-13-14(17)5-4-6-15(13)18/h4-6,10-11,19H,7-9H2,1-3H3. The number of rotatable bonds is 5. The van der Waals surface area contributed by atoms with Crippen LogP contribution in [0.3, 0.4) is 0 Å². The Morgan fingerprint density at radius 1 is 1.19 bits per heavy atom. The predicted octanol–water partition coefficient (Wildman–Crippen LogP) is 3.25. The fraction of sp³-hybridized carbons (Fsp3) is 0.438. The third kappa shape index (κ3) is 4.11. The van der Waals surface area contributed by atoms with E-state index in [1.165, 1.54) is 18.2 Å². The molecule has 0 aliphatic heterocycles. The monoisotopic (exact) mass is 293 g/mol. The highest BCUT2D eigenvalue weighted by atomic mass is 19.1. The molecule has 0 fully saturated rings. The number of aromatic nitrogens is 2. The maximum absolute atomic E-state index is 13.5. The highest BCUT2D eigenvalue weighted by Crippen LogP contribution is 2.14. The van der Waals surface area contributed by atoms with Crippen molar-refractivity contribution in [1.29, 1.82) is 0 Å². The van der Waals surface area contributed by atoms with Crippen LogP contribution in [0.1, 0.15) is 31.9 Å². The average Bonchev–Trinajstić information content (AvgIpc) is 2.86. The van der Waals surface area contributed by atoms with Crippen LogP contribution in [0.25, 0.3) is 0 Å². The third-order valence-corrected chi connectivity index (χ3v) is 3.27. The van der Waals surface area contributed by atoms with Crippen molar-refractivity contribution in [1.82, 2.24) is 15.1 Å². The molecule has 21 heavy (non-hydrogen) atoms. The molecule has 1 aromatic carbocycles. The van der Waals surface area contributed by atoms with Crippen LogP contribution >= 0.6 is 0 Å². The minimum Gasteiger partial charge on any atom is -0.312 e. The lowest BCUT2D eigenvalue weighted by Gasteiger charge is -2.18. The summed E-state index contributed by atoms with van der Waals surface area (Å²) in [5.41, 5.74) is 1.14. The van der Waals surface area contributed by atoms with Gasteiger partial charge in [0.25, 0.3) is 0 Å². The van der Waals surface area contributed by atoms with Crippen molar-refractivity contribution in [3.63, 3.8) is 0 Å². The molecule has 2 rings (SSSR count). The molecule has 0 aliphatic carbocycles. The zero-order valence-corrected chi connectivity index (χ0v) is 12.7. The lowest BCUT2D eigenvalue weighted by atomic mass is 10.1. The van der Waals surface area contributed by atoms with E-state index in [1.54, 1.807) is 0 Å². The first-order valence-corrected chi connectivity index (χ1v) is 7.05. The molecule has 1 N–H and O–H groups in total. The van der Waals surface area contributed by atoms with Gasteiger partial charge in [0, 0.05) is 23.9 Å². The molecule has 0 spiro atoms. The van der Waals surface area contributed by atoms with Crippen molar-refractivity contribution in [3.05, 3.63) is 53.4 Å². The summed E-state index contributed by atoms with van der Waals surface area (Å²) in [5, 5.41) is 7.49. The van der Waals surface area contributed by atoms with Crippen LogP contribution in [-0.2, 0) is 18.5 Å². The van der Waals surface area contributed by atoms with Gasteiger partial charge in [-0.05, 0) is 45.9 Å². The first-order chi connectivity index (χ1) is 9.88. The zero-order chi connectivity index (χ0) is 15.5. The molecule has 0 radical (unpaired) electrons. The molecular weight excluding hydrogens is 272 g/mol. The Bertz CT molecular complexity index is 580. The van der Waals surface area contributed by atoms with Gasteiger partial charge in [-0.15, -0.1) is 0 Å². The summed E-state index contributed by atoms with van der Waals surface area (Å²) in [5.74, 6) is -0.977. The van der Waals surface area contributed by atoms with Crippen molar-refractivity contribution in [2.75, 3.05) is 6.54 Å². The first-order valence-electron chi connectivity index (χ1n) is 7.05. The Kier molecular flexibility index (Phi) is 4.73. The number of halogens is 2. The second-order valence-electron chi connectivity index (χ2n) is 6.09. The van der Waals surface area contributed by atoms with Crippen LogP contribution < -0.4 is 5.32 Å². The van der Waals surface area contributed by atoms with Gasteiger partial charge in [-0.3, -0.25) is 4.68 Å². The van der Waals surface area contributed by atoms with Crippen LogP contribution in [0.15, 0.2) is 30.6 Å². The average molecular weight is 293 g/mol. The molecule has 0 saturated heterocycles. The number of hydrogen-bond acceptors (Lipinski definition) is 2. The largest absolute Gasteiger partial charge is 0.312 e. The van der Waals surface area contributed by atoms with E-state index >= 15 is 0 Å². The van der Waals surface area contributed by atoms with Crippen LogP contribution in [-0.4, -0.2) is 16.3 Å². The number of nitrogens with one attached hydrogen (secondary N) is 1. The molecule has 1 heterocycles. The molecule has 0 amide bonds. The van der Waals surface area contributed by atoms with Crippen molar-refractivity contribution in [3.8, 4) is 0 Å². The highest BCUT2D eigenvalue weighted by molar-refractivity contribution is 5.20. The van der Waals surface area contributed by atoms with Gasteiger partial charge in [0.15, 0.2) is 0 Å². The van der Waals surface area contributed by atoms with E-state index < -0.39 is 11.6 Å². The summed E-state index contributed by atoms with van der Waals surface area (Å²) >= 11 is 0. The Morgan fingerprint density at radius 3 is 2.43 bits per heavy atom. The van der Waals surface area contributed by atoms with Crippen molar-refractivity contribution < 1.29 is 8.78 Å². The van der Waals surface area contributed by atoms with E-state index in [2.05, 4.69) is 31.2 Å². The van der Waals surface area contributed by atoms with Gasteiger partial charge in [-0.1, -0.05) is 6.07 Å². The Morgan fingerprint density at radius 2 is 1.86 bits per heavy atom. The summed E-state index contributed by atoms with van der Waals surface area (Å²) in [6.45, 7) is 7.39. The second kappa shape index (κ2) is 6.35. The fourth-order valence-corrected chi connectivity index (χ4v) is 2.04. The molecule has 2 aromatic rings. The minimum atomic E-state index is -0.489. The molecule has 0 atom stereocenters. The van der Waals surface area contributed by atoms with E-state index in [1.807, 2.05) is 17.1 Å².